The molecule has 1 aromatic heterocycles. The lowest BCUT2D eigenvalue weighted by atomic mass is 9.93. The number of aryl methyl sites for hydroxylation is 2. The van der Waals surface area contributed by atoms with Crippen LogP contribution in [0, 0.1) is 13.8 Å². The number of rotatable bonds is 2. The summed E-state index contributed by atoms with van der Waals surface area (Å²) in [4.78, 5) is 0. The smallest absolute Gasteiger partial charge is 0.0841 e. The fraction of sp³-hybridized carbons (Fsp3) is 0.438. The lowest BCUT2D eigenvalue weighted by molar-refractivity contribution is 0.484. The Labute approximate surface area is 114 Å². The summed E-state index contributed by atoms with van der Waals surface area (Å²) in [5, 5.41) is 4.71. The molecule has 0 saturated carbocycles. The van der Waals surface area contributed by atoms with Gasteiger partial charge in [-0.15, -0.1) is 0 Å². The highest BCUT2D eigenvalue weighted by atomic mass is 15.3. The largest absolute Gasteiger partial charge is 0.325 e. The van der Waals surface area contributed by atoms with Gasteiger partial charge in [0.2, 0.25) is 0 Å². The molecule has 0 saturated heterocycles. The Bertz CT molecular complexity index is 611. The average molecular weight is 255 g/mol. The van der Waals surface area contributed by atoms with E-state index >= 15 is 0 Å². The second kappa shape index (κ2) is 4.82. The molecule has 0 aliphatic carbocycles. The predicted molar refractivity (Wildman–Crippen MR) is 78.0 cm³/mol. The van der Waals surface area contributed by atoms with Crippen molar-refractivity contribution in [2.24, 2.45) is 5.73 Å². The fourth-order valence-corrected chi connectivity index (χ4v) is 3.02. The van der Waals surface area contributed by atoms with Crippen LogP contribution >= 0.6 is 0 Å². The van der Waals surface area contributed by atoms with Gasteiger partial charge >= 0.3 is 0 Å². The third-order valence-electron chi connectivity index (χ3n) is 4.23. The number of nitrogens with zero attached hydrogens (tertiary/aromatic N) is 2. The molecular formula is C16H21N3. The molecule has 0 atom stereocenters. The lowest BCUT2D eigenvalue weighted by Gasteiger charge is -2.16. The maximum atomic E-state index is 5.91. The number of nitrogens with two attached hydrogens (primary N) is 1. The lowest BCUT2D eigenvalue weighted by Crippen LogP contribution is -2.11. The summed E-state index contributed by atoms with van der Waals surface area (Å²) in [6, 6.07) is 6.50. The van der Waals surface area contributed by atoms with Crippen molar-refractivity contribution in [2.75, 3.05) is 0 Å². The molecule has 3 heteroatoms. The second-order valence-corrected chi connectivity index (χ2v) is 5.40. The maximum absolute atomic E-state index is 5.91. The van der Waals surface area contributed by atoms with Gasteiger partial charge in [0.25, 0.3) is 0 Å². The summed E-state index contributed by atoms with van der Waals surface area (Å²) < 4.78 is 2.17. The van der Waals surface area contributed by atoms with Crippen LogP contribution in [-0.2, 0) is 19.5 Å². The van der Waals surface area contributed by atoms with Gasteiger partial charge in [-0.05, 0) is 49.8 Å². The number of hydrogen-bond donors (Lipinski definition) is 1. The topological polar surface area (TPSA) is 43.8 Å². The summed E-state index contributed by atoms with van der Waals surface area (Å²) in [5.41, 5.74) is 13.6. The zero-order valence-corrected chi connectivity index (χ0v) is 11.7. The molecule has 2 N–H and O–H groups in total. The van der Waals surface area contributed by atoms with Crippen molar-refractivity contribution in [2.45, 2.75) is 46.2 Å². The van der Waals surface area contributed by atoms with E-state index in [4.69, 9.17) is 10.8 Å². The monoisotopic (exact) mass is 255 g/mol. The first-order chi connectivity index (χ1) is 9.22. The first-order valence-corrected chi connectivity index (χ1v) is 7.07. The van der Waals surface area contributed by atoms with Crippen LogP contribution in [0.1, 0.15) is 35.4 Å². The van der Waals surface area contributed by atoms with Crippen molar-refractivity contribution in [1.29, 1.82) is 0 Å². The van der Waals surface area contributed by atoms with Gasteiger partial charge in [0.1, 0.15) is 0 Å². The molecule has 0 spiro atoms. The molecular weight excluding hydrogens is 234 g/mol. The van der Waals surface area contributed by atoms with E-state index in [0.29, 0.717) is 6.54 Å². The van der Waals surface area contributed by atoms with Crippen molar-refractivity contribution >= 4 is 0 Å². The molecule has 0 unspecified atom stereocenters. The molecule has 0 amide bonds. The molecule has 100 valence electrons. The van der Waals surface area contributed by atoms with Gasteiger partial charge in [-0.3, -0.25) is 4.68 Å². The summed E-state index contributed by atoms with van der Waals surface area (Å²) in [5.74, 6) is 0. The molecule has 2 heterocycles. The predicted octanol–water partition coefficient (Wildman–Crippen LogP) is 2.96. The van der Waals surface area contributed by atoms with E-state index in [-0.39, 0.29) is 0 Å². The number of hydrogen-bond acceptors (Lipinski definition) is 2. The van der Waals surface area contributed by atoms with Gasteiger partial charge in [-0.25, -0.2) is 0 Å². The third kappa shape index (κ3) is 1.98. The molecule has 19 heavy (non-hydrogen) atoms. The molecule has 3 rings (SSSR count). The summed E-state index contributed by atoms with van der Waals surface area (Å²) in [7, 11) is 0. The van der Waals surface area contributed by atoms with Gasteiger partial charge in [-0.2, -0.15) is 5.10 Å². The SMILES string of the molecule is Cc1cccc(-c2c(CN)nn3c2CCCC3)c1C. The summed E-state index contributed by atoms with van der Waals surface area (Å²) in [6.45, 7) is 5.91. The Morgan fingerprint density at radius 2 is 2.11 bits per heavy atom. The van der Waals surface area contributed by atoms with Crippen LogP contribution < -0.4 is 5.73 Å². The highest BCUT2D eigenvalue weighted by molar-refractivity contribution is 5.73. The second-order valence-electron chi connectivity index (χ2n) is 5.40. The van der Waals surface area contributed by atoms with Crippen molar-refractivity contribution in [3.05, 3.63) is 40.7 Å². The van der Waals surface area contributed by atoms with E-state index in [1.165, 1.54) is 40.8 Å². The van der Waals surface area contributed by atoms with E-state index in [2.05, 4.69) is 36.7 Å². The Balaban J connectivity index is 2.23. The minimum atomic E-state index is 0.517. The Kier molecular flexibility index (Phi) is 3.15. The molecule has 2 aromatic rings. The van der Waals surface area contributed by atoms with Crippen LogP contribution in [0.3, 0.4) is 0 Å². The van der Waals surface area contributed by atoms with Gasteiger partial charge in [0.15, 0.2) is 0 Å². The molecule has 0 fully saturated rings. The van der Waals surface area contributed by atoms with Crippen molar-refractivity contribution in [3.8, 4) is 11.1 Å². The Hall–Kier alpha value is -1.61. The van der Waals surface area contributed by atoms with Gasteiger partial charge < -0.3 is 5.73 Å². The molecule has 1 aliphatic rings. The van der Waals surface area contributed by atoms with E-state index in [9.17, 15) is 0 Å². The van der Waals surface area contributed by atoms with Crippen LogP contribution in [0.25, 0.3) is 11.1 Å². The van der Waals surface area contributed by atoms with Crippen LogP contribution in [0.5, 0.6) is 0 Å². The number of aromatic nitrogens is 2. The van der Waals surface area contributed by atoms with Crippen LogP contribution in [0.4, 0.5) is 0 Å². The molecule has 1 aliphatic heterocycles. The first kappa shape index (κ1) is 12.4. The number of benzene rings is 1. The van der Waals surface area contributed by atoms with Crippen molar-refractivity contribution in [1.82, 2.24) is 9.78 Å². The van der Waals surface area contributed by atoms with Crippen molar-refractivity contribution < 1.29 is 0 Å². The van der Waals surface area contributed by atoms with E-state index in [1.807, 2.05) is 0 Å². The van der Waals surface area contributed by atoms with Gasteiger partial charge in [0, 0.05) is 24.3 Å². The highest BCUT2D eigenvalue weighted by Crippen LogP contribution is 2.34. The van der Waals surface area contributed by atoms with Gasteiger partial charge in [-0.1, -0.05) is 18.2 Å². The first-order valence-electron chi connectivity index (χ1n) is 7.07. The molecule has 0 bridgehead atoms. The molecule has 3 nitrogen and oxygen atoms in total. The molecule has 1 aromatic carbocycles. The minimum Gasteiger partial charge on any atom is -0.325 e. The van der Waals surface area contributed by atoms with Crippen LogP contribution in [0.15, 0.2) is 18.2 Å². The minimum absolute atomic E-state index is 0.517. The highest BCUT2D eigenvalue weighted by Gasteiger charge is 2.21. The third-order valence-corrected chi connectivity index (χ3v) is 4.23. The van der Waals surface area contributed by atoms with Crippen LogP contribution in [0.2, 0.25) is 0 Å². The quantitative estimate of drug-likeness (QED) is 0.896. The van der Waals surface area contributed by atoms with E-state index in [1.54, 1.807) is 0 Å². The van der Waals surface area contributed by atoms with Gasteiger partial charge in [0.05, 0.1) is 5.69 Å². The standard InChI is InChI=1S/C16H21N3/c1-11-6-5-7-13(12(11)2)16-14(10-17)18-19-9-4-3-8-15(16)19/h5-7H,3-4,8-10,17H2,1-2H3. The Morgan fingerprint density at radius 3 is 2.89 bits per heavy atom. The normalized spacial score (nSPS) is 14.5. The van der Waals surface area contributed by atoms with Crippen LogP contribution in [-0.4, -0.2) is 9.78 Å². The summed E-state index contributed by atoms with van der Waals surface area (Å²) in [6.07, 6.45) is 3.61. The zero-order valence-electron chi connectivity index (χ0n) is 11.7. The zero-order chi connectivity index (χ0) is 13.4. The van der Waals surface area contributed by atoms with E-state index < -0.39 is 0 Å². The van der Waals surface area contributed by atoms with Crippen molar-refractivity contribution in [3.63, 3.8) is 0 Å². The number of fused-ring (bicyclic) bond motifs is 1. The fourth-order valence-electron chi connectivity index (χ4n) is 3.02. The maximum Gasteiger partial charge on any atom is 0.0841 e. The average Bonchev–Trinajstić information content (AvgIpc) is 2.80. The van der Waals surface area contributed by atoms with E-state index in [0.717, 1.165) is 18.7 Å². The Morgan fingerprint density at radius 1 is 1.26 bits per heavy atom. The summed E-state index contributed by atoms with van der Waals surface area (Å²) >= 11 is 0. The molecule has 0 radical (unpaired) electrons.